The molecular weight excluding hydrogens is 494 g/mol. The molecule has 188 valence electrons. The number of aryl methyl sites for hydroxylation is 2. The molecular formula is C26H24ClN7O3. The second-order valence-electron chi connectivity index (χ2n) is 8.37. The molecule has 11 heteroatoms. The number of hydrogen-bond donors (Lipinski definition) is 1. The number of hydrogen-bond acceptors (Lipinski definition) is 7. The molecule has 37 heavy (non-hydrogen) atoms. The highest BCUT2D eigenvalue weighted by atomic mass is 35.5. The van der Waals surface area contributed by atoms with E-state index >= 15 is 0 Å². The van der Waals surface area contributed by atoms with E-state index in [4.69, 9.17) is 0 Å². The van der Waals surface area contributed by atoms with Crippen LogP contribution in [-0.2, 0) is 19.4 Å². The molecule has 2 aromatic carbocycles. The molecule has 5 aromatic rings. The first-order valence-electron chi connectivity index (χ1n) is 11.6. The molecule has 3 heterocycles. The van der Waals surface area contributed by atoms with Gasteiger partial charge in [-0.05, 0) is 46.0 Å². The van der Waals surface area contributed by atoms with Crippen LogP contribution in [0.15, 0.2) is 65.5 Å². The van der Waals surface area contributed by atoms with Crippen molar-refractivity contribution in [1.29, 1.82) is 0 Å². The van der Waals surface area contributed by atoms with Crippen molar-refractivity contribution in [2.75, 3.05) is 0 Å². The van der Waals surface area contributed by atoms with Gasteiger partial charge >= 0.3 is 11.2 Å². The lowest BCUT2D eigenvalue weighted by Crippen LogP contribution is -2.24. The Bertz CT molecular complexity index is 1630. The van der Waals surface area contributed by atoms with E-state index in [0.29, 0.717) is 29.6 Å². The summed E-state index contributed by atoms with van der Waals surface area (Å²) in [7, 11) is 0. The Kier molecular flexibility index (Phi) is 7.40. The number of benzene rings is 2. The van der Waals surface area contributed by atoms with Crippen molar-refractivity contribution in [1.82, 2.24) is 30.2 Å². The summed E-state index contributed by atoms with van der Waals surface area (Å²) in [5, 5.41) is 26.5. The summed E-state index contributed by atoms with van der Waals surface area (Å²) in [4.78, 5) is 28.9. The highest BCUT2D eigenvalue weighted by Gasteiger charge is 2.21. The summed E-state index contributed by atoms with van der Waals surface area (Å²) in [5.41, 5.74) is 4.77. The van der Waals surface area contributed by atoms with Crippen molar-refractivity contribution in [3.05, 3.63) is 98.1 Å². The summed E-state index contributed by atoms with van der Waals surface area (Å²) in [6.07, 6.45) is 1.30. The molecule has 0 amide bonds. The fourth-order valence-corrected chi connectivity index (χ4v) is 4.40. The minimum Gasteiger partial charge on any atom is -0.298 e. The highest BCUT2D eigenvalue weighted by molar-refractivity contribution is 5.85. The van der Waals surface area contributed by atoms with Gasteiger partial charge in [-0.2, -0.15) is 0 Å². The number of rotatable bonds is 7. The monoisotopic (exact) mass is 517 g/mol. The van der Waals surface area contributed by atoms with Gasteiger partial charge in [-0.15, -0.1) is 17.5 Å². The molecule has 0 fully saturated rings. The van der Waals surface area contributed by atoms with E-state index in [9.17, 15) is 14.9 Å². The first kappa shape index (κ1) is 25.6. The predicted octanol–water partition coefficient (Wildman–Crippen LogP) is 4.75. The minimum atomic E-state index is -0.630. The van der Waals surface area contributed by atoms with Gasteiger partial charge in [-0.1, -0.05) is 62.4 Å². The molecule has 0 saturated carbocycles. The molecule has 0 unspecified atom stereocenters. The first-order chi connectivity index (χ1) is 17.5. The van der Waals surface area contributed by atoms with Crippen molar-refractivity contribution < 1.29 is 4.92 Å². The third kappa shape index (κ3) is 4.83. The van der Waals surface area contributed by atoms with Crippen LogP contribution in [0, 0.1) is 10.1 Å². The fraction of sp³-hybridized carbons (Fsp3) is 0.192. The van der Waals surface area contributed by atoms with E-state index in [0.717, 1.165) is 33.6 Å². The van der Waals surface area contributed by atoms with Crippen molar-refractivity contribution in [3.8, 4) is 22.5 Å². The quantitative estimate of drug-likeness (QED) is 0.243. The number of H-pyrrole nitrogens is 1. The van der Waals surface area contributed by atoms with Crippen molar-refractivity contribution in [2.24, 2.45) is 0 Å². The molecule has 0 bridgehead atoms. The van der Waals surface area contributed by atoms with Crippen molar-refractivity contribution >= 4 is 29.0 Å². The van der Waals surface area contributed by atoms with Crippen LogP contribution in [0.4, 0.5) is 5.69 Å². The van der Waals surface area contributed by atoms with Crippen LogP contribution in [0.5, 0.6) is 0 Å². The second-order valence-corrected chi connectivity index (χ2v) is 8.37. The van der Waals surface area contributed by atoms with Gasteiger partial charge < -0.3 is 0 Å². The normalized spacial score (nSPS) is 10.9. The predicted molar refractivity (Wildman–Crippen MR) is 143 cm³/mol. The minimum absolute atomic E-state index is 0. The SMILES string of the molecule is CCc1cc2c(cc([N+](=O)[O-])c(=O)n2Cc2ccc(-c3ccccc3-c3nnn[nH]3)cc2)c(CC)n1.Cl. The van der Waals surface area contributed by atoms with Crippen LogP contribution in [-0.4, -0.2) is 35.1 Å². The van der Waals surface area contributed by atoms with Crippen LogP contribution in [0.2, 0.25) is 0 Å². The van der Waals surface area contributed by atoms with E-state index in [2.05, 4.69) is 25.6 Å². The average molecular weight is 518 g/mol. The van der Waals surface area contributed by atoms with E-state index in [1.807, 2.05) is 68.4 Å². The zero-order chi connectivity index (χ0) is 25.2. The molecule has 0 saturated heterocycles. The Hall–Kier alpha value is -4.44. The van der Waals surface area contributed by atoms with Crippen LogP contribution in [0.1, 0.15) is 30.8 Å². The topological polar surface area (TPSA) is 132 Å². The van der Waals surface area contributed by atoms with Gasteiger partial charge in [0.05, 0.1) is 17.0 Å². The van der Waals surface area contributed by atoms with E-state index in [1.165, 1.54) is 10.6 Å². The molecule has 1 N–H and O–H groups in total. The van der Waals surface area contributed by atoms with Gasteiger partial charge in [0, 0.05) is 28.4 Å². The number of aromatic amines is 1. The Morgan fingerprint density at radius 2 is 1.73 bits per heavy atom. The van der Waals surface area contributed by atoms with Gasteiger partial charge in [0.2, 0.25) is 0 Å². The third-order valence-corrected chi connectivity index (χ3v) is 6.23. The van der Waals surface area contributed by atoms with Gasteiger partial charge in [0.1, 0.15) is 0 Å². The summed E-state index contributed by atoms with van der Waals surface area (Å²) < 4.78 is 1.48. The van der Waals surface area contributed by atoms with Gasteiger partial charge in [-0.25, -0.2) is 5.10 Å². The Labute approximate surface area is 217 Å². The third-order valence-electron chi connectivity index (χ3n) is 6.23. The highest BCUT2D eigenvalue weighted by Crippen LogP contribution is 2.30. The molecule has 0 spiro atoms. The van der Waals surface area contributed by atoms with Crippen molar-refractivity contribution in [2.45, 2.75) is 33.2 Å². The molecule has 0 aliphatic rings. The van der Waals surface area contributed by atoms with Gasteiger partial charge in [0.25, 0.3) is 0 Å². The number of nitrogens with zero attached hydrogens (tertiary/aromatic N) is 6. The number of fused-ring (bicyclic) bond motifs is 1. The molecule has 0 aliphatic heterocycles. The molecule has 10 nitrogen and oxygen atoms in total. The lowest BCUT2D eigenvalue weighted by molar-refractivity contribution is -0.386. The van der Waals surface area contributed by atoms with Crippen molar-refractivity contribution in [3.63, 3.8) is 0 Å². The summed E-state index contributed by atoms with van der Waals surface area (Å²) >= 11 is 0. The first-order valence-corrected chi connectivity index (χ1v) is 11.6. The van der Waals surface area contributed by atoms with E-state index in [-0.39, 0.29) is 19.0 Å². The fourth-order valence-electron chi connectivity index (χ4n) is 4.40. The maximum absolute atomic E-state index is 13.2. The number of nitro groups is 1. The number of halogens is 1. The summed E-state index contributed by atoms with van der Waals surface area (Å²) in [5.74, 6) is 0.566. The Morgan fingerprint density at radius 3 is 2.35 bits per heavy atom. The smallest absolute Gasteiger partial charge is 0.298 e. The molecule has 3 aromatic heterocycles. The maximum atomic E-state index is 13.2. The summed E-state index contributed by atoms with van der Waals surface area (Å²) in [6, 6.07) is 18.7. The summed E-state index contributed by atoms with van der Waals surface area (Å²) in [6.45, 7) is 4.14. The molecule has 0 radical (unpaired) electrons. The lowest BCUT2D eigenvalue weighted by Gasteiger charge is -2.14. The number of pyridine rings is 2. The Balaban J connectivity index is 0.00000320. The average Bonchev–Trinajstić information content (AvgIpc) is 3.44. The largest absolute Gasteiger partial charge is 0.334 e. The number of tetrazole rings is 1. The molecule has 0 aliphatic carbocycles. The second kappa shape index (κ2) is 10.7. The van der Waals surface area contributed by atoms with Crippen LogP contribution in [0.3, 0.4) is 0 Å². The lowest BCUT2D eigenvalue weighted by atomic mass is 9.98. The Morgan fingerprint density at radius 1 is 1.00 bits per heavy atom. The van der Waals surface area contributed by atoms with Crippen LogP contribution >= 0.6 is 12.4 Å². The van der Waals surface area contributed by atoms with Crippen LogP contribution in [0.25, 0.3) is 33.4 Å². The zero-order valence-corrected chi connectivity index (χ0v) is 21.0. The number of aromatic nitrogens is 6. The number of nitrogens with one attached hydrogen (secondary N) is 1. The van der Waals surface area contributed by atoms with E-state index in [1.54, 1.807) is 0 Å². The van der Waals surface area contributed by atoms with Gasteiger partial charge in [-0.3, -0.25) is 24.5 Å². The zero-order valence-electron chi connectivity index (χ0n) is 20.2. The maximum Gasteiger partial charge on any atom is 0.334 e. The van der Waals surface area contributed by atoms with E-state index < -0.39 is 16.2 Å². The standard InChI is InChI=1S/C26H23N7O3.ClH/c1-3-18-13-23-21(22(4-2)27-18)14-24(33(35)36)26(34)32(23)15-16-9-11-17(12-10-16)19-7-5-6-8-20(19)25-28-30-31-29-25;/h5-14H,3-4,15H2,1-2H3,(H,28,29,30,31);1H. The van der Waals surface area contributed by atoms with Crippen LogP contribution < -0.4 is 5.56 Å². The van der Waals surface area contributed by atoms with Gasteiger partial charge in [0.15, 0.2) is 5.82 Å². The molecule has 0 atom stereocenters. The molecule has 5 rings (SSSR count).